The van der Waals surface area contributed by atoms with Crippen molar-refractivity contribution in [1.82, 2.24) is 9.97 Å². The molecule has 0 aliphatic rings. The maximum absolute atomic E-state index is 5.93. The van der Waals surface area contributed by atoms with E-state index in [9.17, 15) is 0 Å². The molecule has 1 atom stereocenters. The predicted octanol–water partition coefficient (Wildman–Crippen LogP) is 2.23. The maximum Gasteiger partial charge on any atom is 0.138 e. The van der Waals surface area contributed by atoms with Crippen LogP contribution in [0.3, 0.4) is 0 Å². The molecule has 2 aromatic heterocycles. The van der Waals surface area contributed by atoms with E-state index in [2.05, 4.69) is 29.1 Å². The fourth-order valence-electron chi connectivity index (χ4n) is 1.31. The van der Waals surface area contributed by atoms with Gasteiger partial charge in [-0.25, -0.2) is 9.97 Å². The minimum Gasteiger partial charge on any atom is -0.363 e. The molecule has 4 nitrogen and oxygen atoms in total. The van der Waals surface area contributed by atoms with Gasteiger partial charge in [0, 0.05) is 11.6 Å². The number of hydrogen-bond acceptors (Lipinski definition) is 5. The second-order valence-electron chi connectivity index (χ2n) is 4.50. The third-order valence-corrected chi connectivity index (χ3v) is 3.66. The monoisotopic (exact) mass is 236 g/mol. The van der Waals surface area contributed by atoms with Crippen LogP contribution in [0.1, 0.15) is 20.8 Å². The number of aromatic nitrogens is 2. The highest BCUT2D eigenvalue weighted by Gasteiger charge is 2.23. The van der Waals surface area contributed by atoms with Crippen molar-refractivity contribution in [2.24, 2.45) is 5.73 Å². The van der Waals surface area contributed by atoms with Crippen molar-refractivity contribution in [3.05, 3.63) is 17.8 Å². The van der Waals surface area contributed by atoms with E-state index in [4.69, 9.17) is 5.73 Å². The first-order chi connectivity index (χ1) is 7.50. The minimum absolute atomic E-state index is 0.0381. The van der Waals surface area contributed by atoms with Gasteiger partial charge in [0.15, 0.2) is 0 Å². The van der Waals surface area contributed by atoms with Crippen LogP contribution in [0.4, 0.5) is 5.82 Å². The second kappa shape index (κ2) is 3.99. The van der Waals surface area contributed by atoms with Crippen LogP contribution in [0.2, 0.25) is 0 Å². The molecule has 3 N–H and O–H groups in total. The van der Waals surface area contributed by atoms with E-state index in [1.165, 1.54) is 0 Å². The fourth-order valence-corrected chi connectivity index (χ4v) is 2.04. The van der Waals surface area contributed by atoms with E-state index < -0.39 is 0 Å². The SMILES string of the molecule is CC(N)C(C)(C)Nc1ncnc2sccc12. The molecule has 16 heavy (non-hydrogen) atoms. The number of nitrogens with two attached hydrogens (primary N) is 1. The lowest BCUT2D eigenvalue weighted by atomic mass is 9.97. The van der Waals surface area contributed by atoms with Crippen LogP contribution in [-0.2, 0) is 0 Å². The average molecular weight is 236 g/mol. The Hall–Kier alpha value is -1.20. The topological polar surface area (TPSA) is 63.8 Å². The van der Waals surface area contributed by atoms with Crippen LogP contribution < -0.4 is 11.1 Å². The van der Waals surface area contributed by atoms with Gasteiger partial charge >= 0.3 is 0 Å². The molecular weight excluding hydrogens is 220 g/mol. The van der Waals surface area contributed by atoms with E-state index >= 15 is 0 Å². The summed E-state index contributed by atoms with van der Waals surface area (Å²) in [6.07, 6.45) is 1.58. The molecule has 0 spiro atoms. The molecule has 0 aliphatic carbocycles. The molecule has 5 heteroatoms. The van der Waals surface area contributed by atoms with Gasteiger partial charge in [-0.15, -0.1) is 11.3 Å². The summed E-state index contributed by atoms with van der Waals surface area (Å²) in [5.74, 6) is 0.855. The van der Waals surface area contributed by atoms with Crippen molar-refractivity contribution >= 4 is 27.4 Å². The Balaban J connectivity index is 2.37. The number of rotatable bonds is 3. The maximum atomic E-state index is 5.93. The van der Waals surface area contributed by atoms with Crippen molar-refractivity contribution < 1.29 is 0 Å². The zero-order valence-electron chi connectivity index (χ0n) is 9.69. The van der Waals surface area contributed by atoms with Gasteiger partial charge in [0.2, 0.25) is 0 Å². The summed E-state index contributed by atoms with van der Waals surface area (Å²) in [4.78, 5) is 9.49. The lowest BCUT2D eigenvalue weighted by Gasteiger charge is -2.31. The van der Waals surface area contributed by atoms with Crippen LogP contribution in [0.15, 0.2) is 17.8 Å². The highest BCUT2D eigenvalue weighted by molar-refractivity contribution is 7.16. The number of nitrogens with one attached hydrogen (secondary N) is 1. The molecule has 0 aliphatic heterocycles. The number of thiophene rings is 1. The Morgan fingerprint density at radius 3 is 2.88 bits per heavy atom. The Bertz CT molecular complexity index is 489. The molecule has 0 fully saturated rings. The molecule has 0 saturated heterocycles. The van der Waals surface area contributed by atoms with E-state index in [1.807, 2.05) is 18.4 Å². The molecule has 86 valence electrons. The van der Waals surface area contributed by atoms with Gasteiger partial charge < -0.3 is 11.1 Å². The molecule has 0 saturated carbocycles. The third kappa shape index (κ3) is 2.01. The zero-order chi connectivity index (χ0) is 11.8. The van der Waals surface area contributed by atoms with Crippen LogP contribution >= 0.6 is 11.3 Å². The third-order valence-electron chi connectivity index (χ3n) is 2.84. The molecule has 0 bridgehead atoms. The molecule has 2 aromatic rings. The number of anilines is 1. The highest BCUT2D eigenvalue weighted by Crippen LogP contribution is 2.26. The normalized spacial score (nSPS) is 14.0. The van der Waals surface area contributed by atoms with Gasteiger partial charge in [-0.3, -0.25) is 0 Å². The summed E-state index contributed by atoms with van der Waals surface area (Å²) in [5.41, 5.74) is 5.74. The van der Waals surface area contributed by atoms with Gasteiger partial charge in [0.05, 0.1) is 5.39 Å². The first-order valence-corrected chi connectivity index (χ1v) is 6.10. The molecule has 0 amide bonds. The first-order valence-electron chi connectivity index (χ1n) is 5.22. The van der Waals surface area contributed by atoms with Crippen LogP contribution in [0.5, 0.6) is 0 Å². The van der Waals surface area contributed by atoms with Crippen LogP contribution in [-0.4, -0.2) is 21.5 Å². The van der Waals surface area contributed by atoms with Crippen molar-refractivity contribution in [3.63, 3.8) is 0 Å². The van der Waals surface area contributed by atoms with Gasteiger partial charge in [0.25, 0.3) is 0 Å². The van der Waals surface area contributed by atoms with Crippen LogP contribution in [0.25, 0.3) is 10.2 Å². The van der Waals surface area contributed by atoms with Gasteiger partial charge in [-0.05, 0) is 32.2 Å². The Morgan fingerprint density at radius 1 is 1.44 bits per heavy atom. The van der Waals surface area contributed by atoms with E-state index in [-0.39, 0.29) is 11.6 Å². The Labute approximate surface area is 98.9 Å². The van der Waals surface area contributed by atoms with E-state index in [1.54, 1.807) is 17.7 Å². The number of fused-ring (bicyclic) bond motifs is 1. The summed E-state index contributed by atoms with van der Waals surface area (Å²) in [6.45, 7) is 6.12. The summed E-state index contributed by atoms with van der Waals surface area (Å²) in [7, 11) is 0. The predicted molar refractivity (Wildman–Crippen MR) is 68.8 cm³/mol. The Kier molecular flexibility index (Phi) is 2.82. The largest absolute Gasteiger partial charge is 0.363 e. The van der Waals surface area contributed by atoms with Crippen molar-refractivity contribution in [2.45, 2.75) is 32.4 Å². The van der Waals surface area contributed by atoms with Gasteiger partial charge in [-0.1, -0.05) is 0 Å². The summed E-state index contributed by atoms with van der Waals surface area (Å²) in [6, 6.07) is 2.07. The first kappa shape index (κ1) is 11.3. The molecule has 1 unspecified atom stereocenters. The number of nitrogens with zero attached hydrogens (tertiary/aromatic N) is 2. The van der Waals surface area contributed by atoms with Gasteiger partial charge in [-0.2, -0.15) is 0 Å². The summed E-state index contributed by atoms with van der Waals surface area (Å²) in [5, 5.41) is 6.45. The van der Waals surface area contributed by atoms with Crippen molar-refractivity contribution in [3.8, 4) is 0 Å². The Morgan fingerprint density at radius 2 is 2.19 bits per heavy atom. The summed E-state index contributed by atoms with van der Waals surface area (Å²) >= 11 is 1.61. The smallest absolute Gasteiger partial charge is 0.138 e. The minimum atomic E-state index is -0.191. The zero-order valence-corrected chi connectivity index (χ0v) is 10.5. The quantitative estimate of drug-likeness (QED) is 0.857. The highest BCUT2D eigenvalue weighted by atomic mass is 32.1. The molecule has 2 rings (SSSR count). The van der Waals surface area contributed by atoms with Crippen molar-refractivity contribution in [2.75, 3.05) is 5.32 Å². The van der Waals surface area contributed by atoms with E-state index in [0.29, 0.717) is 0 Å². The van der Waals surface area contributed by atoms with E-state index in [0.717, 1.165) is 16.0 Å². The molecular formula is C11H16N4S. The van der Waals surface area contributed by atoms with Crippen LogP contribution in [0, 0.1) is 0 Å². The molecule has 2 heterocycles. The fraction of sp³-hybridized carbons (Fsp3) is 0.455. The van der Waals surface area contributed by atoms with Crippen molar-refractivity contribution in [1.29, 1.82) is 0 Å². The lowest BCUT2D eigenvalue weighted by molar-refractivity contribution is 0.469. The molecule has 0 radical (unpaired) electrons. The summed E-state index contributed by atoms with van der Waals surface area (Å²) < 4.78 is 0. The second-order valence-corrected chi connectivity index (χ2v) is 5.39. The standard InChI is InChI=1S/C11H16N4S/c1-7(12)11(2,3)15-9-8-4-5-16-10(8)14-6-13-9/h4-7H,12H2,1-3H3,(H,13,14,15). The lowest BCUT2D eigenvalue weighted by Crippen LogP contribution is -2.47. The number of hydrogen-bond donors (Lipinski definition) is 2. The average Bonchev–Trinajstić information content (AvgIpc) is 2.65. The van der Waals surface area contributed by atoms with Gasteiger partial charge in [0.1, 0.15) is 17.0 Å². The molecule has 0 aromatic carbocycles.